The zero-order valence-corrected chi connectivity index (χ0v) is 12.2. The summed E-state index contributed by atoms with van der Waals surface area (Å²) in [6.45, 7) is 3.53. The molecule has 1 amide bonds. The SMILES string of the molecule is Cc1ccc(CNc2cccc(N3CCCC3=O)c2)nc1. The maximum atomic E-state index is 11.8. The highest BCUT2D eigenvalue weighted by molar-refractivity contribution is 5.95. The Morgan fingerprint density at radius 3 is 2.90 bits per heavy atom. The second-order valence-corrected chi connectivity index (χ2v) is 5.38. The van der Waals surface area contributed by atoms with Crippen molar-refractivity contribution >= 4 is 17.3 Å². The van der Waals surface area contributed by atoms with Crippen molar-refractivity contribution in [2.24, 2.45) is 0 Å². The van der Waals surface area contributed by atoms with Gasteiger partial charge in [0, 0.05) is 30.5 Å². The Morgan fingerprint density at radius 2 is 2.19 bits per heavy atom. The Labute approximate surface area is 124 Å². The van der Waals surface area contributed by atoms with Crippen LogP contribution in [0.15, 0.2) is 42.6 Å². The van der Waals surface area contributed by atoms with Crippen LogP contribution in [-0.2, 0) is 11.3 Å². The van der Waals surface area contributed by atoms with Gasteiger partial charge in [-0.1, -0.05) is 12.1 Å². The first kappa shape index (κ1) is 13.6. The van der Waals surface area contributed by atoms with E-state index >= 15 is 0 Å². The summed E-state index contributed by atoms with van der Waals surface area (Å²) in [5, 5.41) is 3.36. The molecule has 1 aromatic carbocycles. The summed E-state index contributed by atoms with van der Waals surface area (Å²) >= 11 is 0. The highest BCUT2D eigenvalue weighted by Gasteiger charge is 2.21. The van der Waals surface area contributed by atoms with Crippen LogP contribution in [-0.4, -0.2) is 17.4 Å². The number of carbonyl (C=O) groups excluding carboxylic acids is 1. The predicted octanol–water partition coefficient (Wildman–Crippen LogP) is 3.13. The number of anilines is 2. The lowest BCUT2D eigenvalue weighted by atomic mass is 10.2. The molecule has 0 atom stereocenters. The van der Waals surface area contributed by atoms with Gasteiger partial charge in [0.25, 0.3) is 0 Å². The minimum absolute atomic E-state index is 0.215. The fourth-order valence-corrected chi connectivity index (χ4v) is 2.50. The number of rotatable bonds is 4. The fraction of sp³-hybridized carbons (Fsp3) is 0.294. The topological polar surface area (TPSA) is 45.2 Å². The monoisotopic (exact) mass is 281 g/mol. The number of carbonyl (C=O) groups is 1. The second-order valence-electron chi connectivity index (χ2n) is 5.38. The molecule has 4 nitrogen and oxygen atoms in total. The lowest BCUT2D eigenvalue weighted by Gasteiger charge is -2.17. The number of benzene rings is 1. The zero-order chi connectivity index (χ0) is 14.7. The van der Waals surface area contributed by atoms with Crippen LogP contribution in [0.4, 0.5) is 11.4 Å². The van der Waals surface area contributed by atoms with E-state index in [1.54, 1.807) is 0 Å². The average Bonchev–Trinajstić information content (AvgIpc) is 2.93. The van der Waals surface area contributed by atoms with E-state index in [0.717, 1.165) is 35.6 Å². The van der Waals surface area contributed by atoms with E-state index in [-0.39, 0.29) is 5.91 Å². The Bertz CT molecular complexity index is 637. The number of amides is 1. The van der Waals surface area contributed by atoms with Gasteiger partial charge in [0.05, 0.1) is 12.2 Å². The molecule has 2 aromatic rings. The van der Waals surface area contributed by atoms with Crippen LogP contribution in [0, 0.1) is 6.92 Å². The molecule has 21 heavy (non-hydrogen) atoms. The summed E-state index contributed by atoms with van der Waals surface area (Å²) in [6.07, 6.45) is 3.48. The van der Waals surface area contributed by atoms with Crippen LogP contribution in [0.3, 0.4) is 0 Å². The van der Waals surface area contributed by atoms with E-state index < -0.39 is 0 Å². The largest absolute Gasteiger partial charge is 0.379 e. The van der Waals surface area contributed by atoms with E-state index in [2.05, 4.69) is 16.4 Å². The summed E-state index contributed by atoms with van der Waals surface area (Å²) in [4.78, 5) is 18.0. The van der Waals surface area contributed by atoms with Gasteiger partial charge in [0.15, 0.2) is 0 Å². The van der Waals surface area contributed by atoms with Gasteiger partial charge in [0.1, 0.15) is 0 Å². The van der Waals surface area contributed by atoms with E-state index in [4.69, 9.17) is 0 Å². The van der Waals surface area contributed by atoms with Crippen LogP contribution in [0.25, 0.3) is 0 Å². The first-order valence-electron chi connectivity index (χ1n) is 7.28. The van der Waals surface area contributed by atoms with E-state index in [1.165, 1.54) is 0 Å². The maximum absolute atomic E-state index is 11.8. The fourth-order valence-electron chi connectivity index (χ4n) is 2.50. The molecular formula is C17H19N3O. The molecule has 0 spiro atoms. The van der Waals surface area contributed by atoms with Crippen LogP contribution < -0.4 is 10.2 Å². The second kappa shape index (κ2) is 5.95. The van der Waals surface area contributed by atoms with Gasteiger partial charge in [-0.2, -0.15) is 0 Å². The molecule has 1 N–H and O–H groups in total. The molecule has 1 aromatic heterocycles. The van der Waals surface area contributed by atoms with Crippen molar-refractivity contribution in [2.45, 2.75) is 26.3 Å². The molecule has 3 rings (SSSR count). The maximum Gasteiger partial charge on any atom is 0.227 e. The molecule has 1 aliphatic heterocycles. The molecule has 0 bridgehead atoms. The molecule has 0 saturated carbocycles. The standard InChI is InChI=1S/C17H19N3O/c1-13-7-8-15(18-11-13)12-19-14-4-2-5-16(10-14)20-9-3-6-17(20)21/h2,4-5,7-8,10-11,19H,3,6,9,12H2,1H3. The molecule has 2 heterocycles. The van der Waals surface area contributed by atoms with Gasteiger partial charge in [-0.25, -0.2) is 0 Å². The third-order valence-electron chi connectivity index (χ3n) is 3.68. The Balaban J connectivity index is 1.68. The molecule has 1 saturated heterocycles. The van der Waals surface area contributed by atoms with Crippen molar-refractivity contribution in [3.05, 3.63) is 53.9 Å². The van der Waals surface area contributed by atoms with Gasteiger partial charge in [0.2, 0.25) is 5.91 Å². The predicted molar refractivity (Wildman–Crippen MR) is 84.3 cm³/mol. The summed E-state index contributed by atoms with van der Waals surface area (Å²) in [7, 11) is 0. The first-order valence-corrected chi connectivity index (χ1v) is 7.28. The van der Waals surface area contributed by atoms with Crippen LogP contribution >= 0.6 is 0 Å². The van der Waals surface area contributed by atoms with Gasteiger partial charge in [-0.05, 0) is 43.2 Å². The Hall–Kier alpha value is -2.36. The smallest absolute Gasteiger partial charge is 0.227 e. The Kier molecular flexibility index (Phi) is 3.86. The summed E-state index contributed by atoms with van der Waals surface area (Å²) in [6, 6.07) is 12.1. The molecule has 1 fully saturated rings. The average molecular weight is 281 g/mol. The van der Waals surface area contributed by atoms with Crippen LogP contribution in [0.1, 0.15) is 24.1 Å². The zero-order valence-electron chi connectivity index (χ0n) is 12.2. The van der Waals surface area contributed by atoms with E-state index in [0.29, 0.717) is 13.0 Å². The minimum Gasteiger partial charge on any atom is -0.379 e. The van der Waals surface area contributed by atoms with Crippen molar-refractivity contribution in [3.8, 4) is 0 Å². The molecular weight excluding hydrogens is 262 g/mol. The molecule has 0 unspecified atom stereocenters. The number of aryl methyl sites for hydroxylation is 1. The number of nitrogens with one attached hydrogen (secondary N) is 1. The third kappa shape index (κ3) is 3.21. The van der Waals surface area contributed by atoms with Gasteiger partial charge < -0.3 is 10.2 Å². The number of nitrogens with zero attached hydrogens (tertiary/aromatic N) is 2. The van der Waals surface area contributed by atoms with Crippen molar-refractivity contribution in [1.29, 1.82) is 0 Å². The number of pyridine rings is 1. The molecule has 4 heteroatoms. The first-order chi connectivity index (χ1) is 10.2. The summed E-state index contributed by atoms with van der Waals surface area (Å²) in [5.74, 6) is 0.215. The van der Waals surface area contributed by atoms with E-state index in [1.807, 2.05) is 48.4 Å². The molecule has 0 aliphatic carbocycles. The highest BCUT2D eigenvalue weighted by Crippen LogP contribution is 2.24. The van der Waals surface area contributed by atoms with Crippen LogP contribution in [0.2, 0.25) is 0 Å². The van der Waals surface area contributed by atoms with Crippen molar-refractivity contribution < 1.29 is 4.79 Å². The third-order valence-corrected chi connectivity index (χ3v) is 3.68. The Morgan fingerprint density at radius 1 is 1.29 bits per heavy atom. The highest BCUT2D eigenvalue weighted by atomic mass is 16.2. The van der Waals surface area contributed by atoms with Crippen molar-refractivity contribution in [3.63, 3.8) is 0 Å². The summed E-state index contributed by atoms with van der Waals surface area (Å²) in [5.41, 5.74) is 4.14. The van der Waals surface area contributed by atoms with Gasteiger partial charge >= 0.3 is 0 Å². The minimum atomic E-state index is 0.215. The number of hydrogen-bond acceptors (Lipinski definition) is 3. The number of hydrogen-bond donors (Lipinski definition) is 1. The summed E-state index contributed by atoms with van der Waals surface area (Å²) < 4.78 is 0. The van der Waals surface area contributed by atoms with Gasteiger partial charge in [-0.15, -0.1) is 0 Å². The quantitative estimate of drug-likeness (QED) is 0.936. The number of aromatic nitrogens is 1. The van der Waals surface area contributed by atoms with E-state index in [9.17, 15) is 4.79 Å². The lowest BCUT2D eigenvalue weighted by molar-refractivity contribution is -0.117. The lowest BCUT2D eigenvalue weighted by Crippen LogP contribution is -2.23. The van der Waals surface area contributed by atoms with Crippen LogP contribution in [0.5, 0.6) is 0 Å². The molecule has 0 radical (unpaired) electrons. The van der Waals surface area contributed by atoms with Crippen molar-refractivity contribution in [1.82, 2.24) is 4.98 Å². The van der Waals surface area contributed by atoms with Crippen molar-refractivity contribution in [2.75, 3.05) is 16.8 Å². The van der Waals surface area contributed by atoms with Gasteiger partial charge in [-0.3, -0.25) is 9.78 Å². The molecule has 108 valence electrons. The molecule has 1 aliphatic rings. The normalized spacial score (nSPS) is 14.5.